The Morgan fingerprint density at radius 2 is 2.00 bits per heavy atom. The molecule has 0 saturated heterocycles. The monoisotopic (exact) mass is 241 g/mol. The van der Waals surface area contributed by atoms with Crippen LogP contribution in [0.3, 0.4) is 0 Å². The quantitative estimate of drug-likeness (QED) is 0.823. The van der Waals surface area contributed by atoms with E-state index in [4.69, 9.17) is 4.74 Å². The summed E-state index contributed by atoms with van der Waals surface area (Å²) in [6.45, 7) is 2.39. The molecule has 0 aliphatic rings. The first-order valence-electron chi connectivity index (χ1n) is 5.25. The van der Waals surface area contributed by atoms with Crippen LogP contribution in [0.2, 0.25) is 0 Å². The predicted octanol–water partition coefficient (Wildman–Crippen LogP) is 2.28. The van der Waals surface area contributed by atoms with Crippen molar-refractivity contribution < 1.29 is 19.1 Å². The Labute approximate surface area is 99.6 Å². The molecule has 1 N–H and O–H groups in total. The van der Waals surface area contributed by atoms with E-state index in [0.29, 0.717) is 0 Å². The number of ether oxygens (including phenoxy) is 1. The number of carbonyl (C=O) groups excluding carboxylic acids is 1. The van der Waals surface area contributed by atoms with E-state index in [1.165, 1.54) is 13.8 Å². The number of benzene rings is 1. The number of amides is 1. The molecular weight excluding hydrogens is 225 g/mol. The third-order valence-electron chi connectivity index (χ3n) is 1.93. The molecule has 0 radical (unpaired) electrons. The van der Waals surface area contributed by atoms with E-state index in [1.54, 1.807) is 24.3 Å². The van der Waals surface area contributed by atoms with E-state index in [9.17, 15) is 14.4 Å². The van der Waals surface area contributed by atoms with Crippen LogP contribution in [0.25, 0.3) is 0 Å². The van der Waals surface area contributed by atoms with Crippen LogP contribution in [0.1, 0.15) is 19.4 Å². The van der Waals surface area contributed by atoms with E-state index in [1.807, 2.05) is 6.07 Å². The molecule has 0 atom stereocenters. The molecule has 94 valence electrons. The molecule has 5 heteroatoms. The first kappa shape index (κ1) is 13.4. The smallest absolute Gasteiger partial charge is 0.438 e. The van der Waals surface area contributed by atoms with Crippen LogP contribution in [0, 0.1) is 0 Å². The van der Waals surface area contributed by atoms with Crippen LogP contribution >= 0.6 is 0 Å². The minimum Gasteiger partial charge on any atom is -0.443 e. The summed E-state index contributed by atoms with van der Waals surface area (Å²) in [7, 11) is 0. The fraction of sp³-hybridized carbons (Fsp3) is 0.417. The van der Waals surface area contributed by atoms with Gasteiger partial charge in [-0.25, -0.2) is 4.79 Å². The molecule has 1 aromatic carbocycles. The summed E-state index contributed by atoms with van der Waals surface area (Å²) < 4.78 is 17.9. The molecule has 0 aliphatic carbocycles. The first-order valence-corrected chi connectivity index (χ1v) is 5.25. The molecule has 0 aliphatic heterocycles. The average molecular weight is 241 g/mol. The number of nitrogens with zero attached hydrogens (tertiary/aromatic N) is 1. The van der Waals surface area contributed by atoms with Crippen molar-refractivity contribution in [3.05, 3.63) is 35.9 Å². The molecule has 1 aromatic rings. The van der Waals surface area contributed by atoms with Gasteiger partial charge in [0.25, 0.3) is 0 Å². The van der Waals surface area contributed by atoms with Crippen LogP contribution in [0.4, 0.5) is 9.28 Å². The predicted molar refractivity (Wildman–Crippen MR) is 60.7 cm³/mol. The zero-order valence-electron chi connectivity index (χ0n) is 9.89. The van der Waals surface area contributed by atoms with Crippen molar-refractivity contribution in [3.8, 4) is 0 Å². The molecule has 17 heavy (non-hydrogen) atoms. The number of aliphatic hydroxyl groups is 1. The molecular formula is C12H16FNO3. The Morgan fingerprint density at radius 3 is 2.53 bits per heavy atom. The Hall–Kier alpha value is -1.62. The van der Waals surface area contributed by atoms with Gasteiger partial charge in [-0.05, 0) is 19.4 Å². The van der Waals surface area contributed by atoms with Crippen molar-refractivity contribution in [2.24, 2.45) is 0 Å². The summed E-state index contributed by atoms with van der Waals surface area (Å²) in [6, 6.07) is 8.97. The largest absolute Gasteiger partial charge is 0.443 e. The molecule has 0 aromatic heterocycles. The SMILES string of the molecule is CC(C)(O)CN(F)C(=O)OCc1ccccc1. The Kier molecular flexibility index (Phi) is 4.45. The van der Waals surface area contributed by atoms with E-state index < -0.39 is 18.2 Å². The topological polar surface area (TPSA) is 49.8 Å². The molecule has 0 spiro atoms. The number of halogens is 1. The summed E-state index contributed by atoms with van der Waals surface area (Å²) in [5.41, 5.74) is -0.516. The summed E-state index contributed by atoms with van der Waals surface area (Å²) in [4.78, 5) is 11.2. The average Bonchev–Trinajstić information content (AvgIpc) is 2.25. The van der Waals surface area contributed by atoms with E-state index in [0.717, 1.165) is 5.56 Å². The molecule has 0 saturated carbocycles. The fourth-order valence-corrected chi connectivity index (χ4v) is 1.19. The second-order valence-corrected chi connectivity index (χ2v) is 4.37. The number of hydrogen-bond acceptors (Lipinski definition) is 3. The minimum absolute atomic E-state index is 0.00590. The summed E-state index contributed by atoms with van der Waals surface area (Å²) in [5.74, 6) is 0. The van der Waals surface area contributed by atoms with Gasteiger partial charge in [-0.3, -0.25) is 0 Å². The van der Waals surface area contributed by atoms with Gasteiger partial charge in [0.2, 0.25) is 0 Å². The highest BCUT2D eigenvalue weighted by atomic mass is 19.2. The Bertz CT molecular complexity index is 362. The van der Waals surface area contributed by atoms with Crippen molar-refractivity contribution in [1.29, 1.82) is 0 Å². The van der Waals surface area contributed by atoms with Gasteiger partial charge < -0.3 is 9.84 Å². The van der Waals surface area contributed by atoms with Gasteiger partial charge in [-0.2, -0.15) is 0 Å². The maximum absolute atomic E-state index is 13.2. The van der Waals surface area contributed by atoms with E-state index >= 15 is 0 Å². The second-order valence-electron chi connectivity index (χ2n) is 4.37. The normalized spacial score (nSPS) is 11.1. The Balaban J connectivity index is 2.40. The molecule has 0 unspecified atom stereocenters. The van der Waals surface area contributed by atoms with Gasteiger partial charge in [-0.1, -0.05) is 34.8 Å². The second kappa shape index (κ2) is 5.63. The van der Waals surface area contributed by atoms with Gasteiger partial charge in [0, 0.05) is 0 Å². The van der Waals surface area contributed by atoms with Gasteiger partial charge >= 0.3 is 6.09 Å². The molecule has 4 nitrogen and oxygen atoms in total. The van der Waals surface area contributed by atoms with Gasteiger partial charge in [0.15, 0.2) is 0 Å². The fourth-order valence-electron chi connectivity index (χ4n) is 1.19. The van der Waals surface area contributed by atoms with Gasteiger partial charge in [-0.15, -0.1) is 5.12 Å². The molecule has 1 amide bonds. The number of rotatable bonds is 4. The van der Waals surface area contributed by atoms with Gasteiger partial charge in [0.1, 0.15) is 6.61 Å². The van der Waals surface area contributed by atoms with Crippen LogP contribution in [0.5, 0.6) is 0 Å². The lowest BCUT2D eigenvalue weighted by Crippen LogP contribution is -2.37. The summed E-state index contributed by atoms with van der Waals surface area (Å²) in [5, 5.41) is 9.20. The third-order valence-corrected chi connectivity index (χ3v) is 1.93. The highest BCUT2D eigenvalue weighted by Gasteiger charge is 2.23. The lowest BCUT2D eigenvalue weighted by Gasteiger charge is -2.21. The van der Waals surface area contributed by atoms with Crippen LogP contribution in [-0.2, 0) is 11.3 Å². The van der Waals surface area contributed by atoms with Crippen molar-refractivity contribution in [1.82, 2.24) is 5.12 Å². The zero-order chi connectivity index (χ0) is 12.9. The highest BCUT2D eigenvalue weighted by Crippen LogP contribution is 2.08. The molecule has 0 heterocycles. The lowest BCUT2D eigenvalue weighted by atomic mass is 10.1. The van der Waals surface area contributed by atoms with Crippen molar-refractivity contribution >= 4 is 6.09 Å². The third kappa shape index (κ3) is 5.31. The van der Waals surface area contributed by atoms with Crippen LogP contribution in [-0.4, -0.2) is 28.5 Å². The van der Waals surface area contributed by atoms with E-state index in [-0.39, 0.29) is 11.7 Å². The van der Waals surface area contributed by atoms with Crippen molar-refractivity contribution in [3.63, 3.8) is 0 Å². The van der Waals surface area contributed by atoms with Gasteiger partial charge in [0.05, 0.1) is 12.1 Å². The molecule has 1 rings (SSSR count). The van der Waals surface area contributed by atoms with Crippen molar-refractivity contribution in [2.75, 3.05) is 6.54 Å². The molecule has 0 bridgehead atoms. The minimum atomic E-state index is -1.29. The number of carbonyl (C=O) groups is 1. The zero-order valence-corrected chi connectivity index (χ0v) is 9.89. The van der Waals surface area contributed by atoms with Crippen LogP contribution in [0.15, 0.2) is 30.3 Å². The standard InChI is InChI=1S/C12H16FNO3/c1-12(2,16)9-14(13)11(15)17-8-10-6-4-3-5-7-10/h3-7,16H,8-9H2,1-2H3. The van der Waals surface area contributed by atoms with E-state index in [2.05, 4.69) is 0 Å². The maximum atomic E-state index is 13.2. The summed E-state index contributed by atoms with van der Waals surface area (Å²) >= 11 is 0. The highest BCUT2D eigenvalue weighted by molar-refractivity contribution is 5.66. The molecule has 0 fully saturated rings. The Morgan fingerprint density at radius 1 is 1.41 bits per heavy atom. The maximum Gasteiger partial charge on any atom is 0.438 e. The first-order chi connectivity index (χ1) is 7.88. The summed E-state index contributed by atoms with van der Waals surface area (Å²) in [6.07, 6.45) is -1.10. The lowest BCUT2D eigenvalue weighted by molar-refractivity contribution is -0.0480. The van der Waals surface area contributed by atoms with Crippen molar-refractivity contribution in [2.45, 2.75) is 26.1 Å². The van der Waals surface area contributed by atoms with Crippen LogP contribution < -0.4 is 0 Å². The number of hydrogen-bond donors (Lipinski definition) is 1.